The molecule has 0 aliphatic heterocycles. The Morgan fingerprint density at radius 3 is 2.94 bits per heavy atom. The first-order chi connectivity index (χ1) is 8.67. The van der Waals surface area contributed by atoms with Gasteiger partial charge in [-0.3, -0.25) is 0 Å². The highest BCUT2D eigenvalue weighted by molar-refractivity contribution is 5.33. The normalized spacial score (nSPS) is 13.9. The van der Waals surface area contributed by atoms with E-state index in [0.29, 0.717) is 25.1 Å². The second-order valence-electron chi connectivity index (χ2n) is 4.31. The molecule has 0 heterocycles. The van der Waals surface area contributed by atoms with Crippen molar-refractivity contribution in [2.75, 3.05) is 20.3 Å². The standard InChI is InChI=1S/C14H20N2O2/c1-11(16-7-6-14(17)10-18-2)13-5-3-4-12(8-13)9-15/h3-5,8,11,14,16-17H,6-7,10H2,1-2H3. The molecule has 2 N–H and O–H groups in total. The molecule has 0 aliphatic carbocycles. The smallest absolute Gasteiger partial charge is 0.0991 e. The molecule has 4 nitrogen and oxygen atoms in total. The van der Waals surface area contributed by atoms with Crippen LogP contribution in [0.2, 0.25) is 0 Å². The van der Waals surface area contributed by atoms with Crippen LogP contribution in [-0.2, 0) is 4.74 Å². The number of ether oxygens (including phenoxy) is 1. The first kappa shape index (κ1) is 14.7. The zero-order valence-corrected chi connectivity index (χ0v) is 10.9. The van der Waals surface area contributed by atoms with Gasteiger partial charge >= 0.3 is 0 Å². The van der Waals surface area contributed by atoms with Crippen molar-refractivity contribution in [2.45, 2.75) is 25.5 Å². The summed E-state index contributed by atoms with van der Waals surface area (Å²) in [5.74, 6) is 0. The van der Waals surface area contributed by atoms with Crippen LogP contribution in [0.5, 0.6) is 0 Å². The Labute approximate surface area is 108 Å². The van der Waals surface area contributed by atoms with Gasteiger partial charge in [-0.1, -0.05) is 12.1 Å². The molecule has 0 radical (unpaired) electrons. The summed E-state index contributed by atoms with van der Waals surface area (Å²) < 4.78 is 4.86. The van der Waals surface area contributed by atoms with E-state index in [-0.39, 0.29) is 6.04 Å². The van der Waals surface area contributed by atoms with E-state index in [1.165, 1.54) is 0 Å². The lowest BCUT2D eigenvalue weighted by Gasteiger charge is -2.16. The molecule has 98 valence electrons. The molecule has 1 rings (SSSR count). The van der Waals surface area contributed by atoms with Crippen LogP contribution < -0.4 is 5.32 Å². The van der Waals surface area contributed by atoms with E-state index in [2.05, 4.69) is 11.4 Å². The van der Waals surface area contributed by atoms with Gasteiger partial charge in [0.1, 0.15) is 0 Å². The summed E-state index contributed by atoms with van der Waals surface area (Å²) in [4.78, 5) is 0. The van der Waals surface area contributed by atoms with Crippen molar-refractivity contribution in [3.63, 3.8) is 0 Å². The van der Waals surface area contributed by atoms with Gasteiger partial charge in [0.25, 0.3) is 0 Å². The summed E-state index contributed by atoms with van der Waals surface area (Å²) >= 11 is 0. The highest BCUT2D eigenvalue weighted by Crippen LogP contribution is 2.13. The monoisotopic (exact) mass is 248 g/mol. The fourth-order valence-corrected chi connectivity index (χ4v) is 1.74. The highest BCUT2D eigenvalue weighted by atomic mass is 16.5. The lowest BCUT2D eigenvalue weighted by molar-refractivity contribution is 0.0590. The minimum absolute atomic E-state index is 0.160. The summed E-state index contributed by atoms with van der Waals surface area (Å²) in [6, 6.07) is 9.83. The van der Waals surface area contributed by atoms with Gasteiger partial charge in [-0.05, 0) is 37.6 Å². The summed E-state index contributed by atoms with van der Waals surface area (Å²) in [6.07, 6.45) is 0.219. The molecule has 18 heavy (non-hydrogen) atoms. The number of benzene rings is 1. The van der Waals surface area contributed by atoms with Gasteiger partial charge < -0.3 is 15.2 Å². The van der Waals surface area contributed by atoms with Crippen molar-refractivity contribution >= 4 is 0 Å². The minimum atomic E-state index is -0.430. The fraction of sp³-hybridized carbons (Fsp3) is 0.500. The van der Waals surface area contributed by atoms with Gasteiger partial charge in [0.05, 0.1) is 24.3 Å². The van der Waals surface area contributed by atoms with Crippen LogP contribution in [-0.4, -0.2) is 31.5 Å². The zero-order valence-electron chi connectivity index (χ0n) is 10.9. The molecule has 2 atom stereocenters. The zero-order chi connectivity index (χ0) is 13.4. The number of hydrogen-bond acceptors (Lipinski definition) is 4. The molecule has 0 aliphatic rings. The van der Waals surface area contributed by atoms with E-state index in [1.54, 1.807) is 13.2 Å². The van der Waals surface area contributed by atoms with Crippen LogP contribution in [0, 0.1) is 11.3 Å². The quantitative estimate of drug-likeness (QED) is 0.769. The number of nitriles is 1. The Morgan fingerprint density at radius 2 is 2.28 bits per heavy atom. The summed E-state index contributed by atoms with van der Waals surface area (Å²) in [5, 5.41) is 21.7. The lowest BCUT2D eigenvalue weighted by Crippen LogP contribution is -2.25. The van der Waals surface area contributed by atoms with Crippen molar-refractivity contribution in [3.05, 3.63) is 35.4 Å². The average molecular weight is 248 g/mol. The molecular weight excluding hydrogens is 228 g/mol. The fourth-order valence-electron chi connectivity index (χ4n) is 1.74. The number of hydrogen-bond donors (Lipinski definition) is 2. The van der Waals surface area contributed by atoms with Crippen LogP contribution in [0.1, 0.15) is 30.5 Å². The van der Waals surface area contributed by atoms with Crippen LogP contribution in [0.25, 0.3) is 0 Å². The van der Waals surface area contributed by atoms with E-state index in [9.17, 15) is 5.11 Å². The van der Waals surface area contributed by atoms with E-state index < -0.39 is 6.10 Å². The number of nitrogens with zero attached hydrogens (tertiary/aromatic N) is 1. The van der Waals surface area contributed by atoms with Crippen LogP contribution in [0.4, 0.5) is 0 Å². The Bertz CT molecular complexity index is 401. The molecule has 0 saturated heterocycles. The van der Waals surface area contributed by atoms with Crippen molar-refractivity contribution < 1.29 is 9.84 Å². The molecule has 0 bridgehead atoms. The van der Waals surface area contributed by atoms with Gasteiger partial charge in [-0.2, -0.15) is 5.26 Å². The number of aliphatic hydroxyl groups excluding tert-OH is 1. The molecule has 2 unspecified atom stereocenters. The SMILES string of the molecule is COCC(O)CCNC(C)c1cccc(C#N)c1. The minimum Gasteiger partial charge on any atom is -0.391 e. The predicted octanol–water partition coefficient (Wildman–Crippen LogP) is 1.61. The molecule has 1 aromatic carbocycles. The van der Waals surface area contributed by atoms with Gasteiger partial charge in [-0.15, -0.1) is 0 Å². The Morgan fingerprint density at radius 1 is 1.50 bits per heavy atom. The predicted molar refractivity (Wildman–Crippen MR) is 70.1 cm³/mol. The Hall–Kier alpha value is -1.41. The third kappa shape index (κ3) is 4.84. The van der Waals surface area contributed by atoms with Crippen molar-refractivity contribution in [3.8, 4) is 6.07 Å². The van der Waals surface area contributed by atoms with Gasteiger partial charge in [0, 0.05) is 13.2 Å². The summed E-state index contributed by atoms with van der Waals surface area (Å²) in [6.45, 7) is 3.11. The van der Waals surface area contributed by atoms with Crippen molar-refractivity contribution in [2.24, 2.45) is 0 Å². The third-order valence-corrected chi connectivity index (χ3v) is 2.80. The summed E-state index contributed by atoms with van der Waals surface area (Å²) in [7, 11) is 1.58. The second-order valence-corrected chi connectivity index (χ2v) is 4.31. The van der Waals surface area contributed by atoms with Gasteiger partial charge in [0.15, 0.2) is 0 Å². The molecule has 0 spiro atoms. The number of aliphatic hydroxyl groups is 1. The topological polar surface area (TPSA) is 65.3 Å². The maximum absolute atomic E-state index is 9.51. The van der Waals surface area contributed by atoms with Gasteiger partial charge in [-0.25, -0.2) is 0 Å². The van der Waals surface area contributed by atoms with Crippen molar-refractivity contribution in [1.29, 1.82) is 5.26 Å². The first-order valence-electron chi connectivity index (χ1n) is 6.07. The average Bonchev–Trinajstić information content (AvgIpc) is 2.39. The number of methoxy groups -OCH3 is 1. The largest absolute Gasteiger partial charge is 0.391 e. The van der Waals surface area contributed by atoms with E-state index in [1.807, 2.05) is 25.1 Å². The molecule has 0 aromatic heterocycles. The van der Waals surface area contributed by atoms with Crippen molar-refractivity contribution in [1.82, 2.24) is 5.32 Å². The summed E-state index contributed by atoms with van der Waals surface area (Å²) in [5.41, 5.74) is 1.75. The third-order valence-electron chi connectivity index (χ3n) is 2.80. The molecule has 0 saturated carbocycles. The second kappa shape index (κ2) is 7.83. The maximum atomic E-state index is 9.51. The number of rotatable bonds is 7. The van der Waals surface area contributed by atoms with Crippen LogP contribution in [0.15, 0.2) is 24.3 Å². The molecule has 0 amide bonds. The Balaban J connectivity index is 2.40. The van der Waals surface area contributed by atoms with E-state index in [4.69, 9.17) is 10.00 Å². The van der Waals surface area contributed by atoms with Crippen LogP contribution >= 0.6 is 0 Å². The molecular formula is C14H20N2O2. The van der Waals surface area contributed by atoms with E-state index in [0.717, 1.165) is 5.56 Å². The Kier molecular flexibility index (Phi) is 6.37. The number of nitrogens with one attached hydrogen (secondary N) is 1. The molecule has 0 fully saturated rings. The molecule has 4 heteroatoms. The first-order valence-corrected chi connectivity index (χ1v) is 6.07. The highest BCUT2D eigenvalue weighted by Gasteiger charge is 2.07. The molecule has 1 aromatic rings. The lowest BCUT2D eigenvalue weighted by atomic mass is 10.1. The maximum Gasteiger partial charge on any atom is 0.0991 e. The van der Waals surface area contributed by atoms with Crippen LogP contribution in [0.3, 0.4) is 0 Å². The van der Waals surface area contributed by atoms with E-state index >= 15 is 0 Å². The van der Waals surface area contributed by atoms with Gasteiger partial charge in [0.2, 0.25) is 0 Å².